The van der Waals surface area contributed by atoms with Crippen molar-refractivity contribution in [2.24, 2.45) is 0 Å². The number of piperidine rings is 1. The Morgan fingerprint density at radius 2 is 1.93 bits per heavy atom. The Hall–Kier alpha value is -2.18. The summed E-state index contributed by atoms with van der Waals surface area (Å²) in [5, 5.41) is 0.828. The molecule has 2 aromatic carbocycles. The molecule has 4 nitrogen and oxygen atoms in total. The SMILES string of the molecule is O=S(=O)(CCc1ccccc1)N1CCCC(c2cc3cc(F)ccc3[nH]2)C1. The smallest absolute Gasteiger partial charge is 0.214 e. The highest BCUT2D eigenvalue weighted by atomic mass is 32.2. The third-order valence-electron chi connectivity index (χ3n) is 5.31. The van der Waals surface area contributed by atoms with Gasteiger partial charge < -0.3 is 4.98 Å². The third kappa shape index (κ3) is 4.06. The Morgan fingerprint density at radius 3 is 2.74 bits per heavy atom. The van der Waals surface area contributed by atoms with Gasteiger partial charge in [-0.15, -0.1) is 0 Å². The van der Waals surface area contributed by atoms with Crippen LogP contribution in [0.5, 0.6) is 0 Å². The number of halogens is 1. The van der Waals surface area contributed by atoms with Gasteiger partial charge in [-0.1, -0.05) is 30.3 Å². The van der Waals surface area contributed by atoms with E-state index in [-0.39, 0.29) is 17.5 Å². The molecule has 142 valence electrons. The fourth-order valence-corrected chi connectivity index (χ4v) is 5.38. The van der Waals surface area contributed by atoms with Crippen molar-refractivity contribution in [1.82, 2.24) is 9.29 Å². The first-order valence-corrected chi connectivity index (χ1v) is 10.9. The minimum atomic E-state index is -3.30. The molecular weight excluding hydrogens is 363 g/mol. The Labute approximate surface area is 159 Å². The highest BCUT2D eigenvalue weighted by Gasteiger charge is 2.30. The van der Waals surface area contributed by atoms with E-state index >= 15 is 0 Å². The lowest BCUT2D eigenvalue weighted by molar-refractivity contribution is 0.313. The zero-order valence-electron chi connectivity index (χ0n) is 15.1. The minimum absolute atomic E-state index is 0.112. The molecule has 4 rings (SSSR count). The van der Waals surface area contributed by atoms with Gasteiger partial charge in [-0.05, 0) is 49.1 Å². The Balaban J connectivity index is 1.48. The maximum absolute atomic E-state index is 13.4. The van der Waals surface area contributed by atoms with Crippen LogP contribution in [-0.2, 0) is 16.4 Å². The third-order valence-corrected chi connectivity index (χ3v) is 7.15. The highest BCUT2D eigenvalue weighted by Crippen LogP contribution is 2.30. The molecule has 0 saturated carbocycles. The molecular formula is C21H23FN2O2S. The van der Waals surface area contributed by atoms with Crippen molar-refractivity contribution in [1.29, 1.82) is 0 Å². The number of nitrogens with one attached hydrogen (secondary N) is 1. The van der Waals surface area contributed by atoms with Gasteiger partial charge >= 0.3 is 0 Å². The number of rotatable bonds is 5. The van der Waals surface area contributed by atoms with E-state index in [1.165, 1.54) is 12.1 Å². The van der Waals surface area contributed by atoms with Crippen LogP contribution < -0.4 is 0 Å². The maximum Gasteiger partial charge on any atom is 0.214 e. The maximum atomic E-state index is 13.4. The highest BCUT2D eigenvalue weighted by molar-refractivity contribution is 7.89. The lowest BCUT2D eigenvalue weighted by Gasteiger charge is -2.31. The van der Waals surface area contributed by atoms with Crippen LogP contribution >= 0.6 is 0 Å². The number of nitrogens with zero attached hydrogens (tertiary/aromatic N) is 1. The van der Waals surface area contributed by atoms with Gasteiger partial charge in [-0.25, -0.2) is 17.1 Å². The molecule has 1 atom stereocenters. The van der Waals surface area contributed by atoms with Crippen LogP contribution in [0, 0.1) is 5.82 Å². The van der Waals surface area contributed by atoms with Crippen molar-refractivity contribution in [3.63, 3.8) is 0 Å². The van der Waals surface area contributed by atoms with Crippen molar-refractivity contribution in [3.8, 4) is 0 Å². The molecule has 2 heterocycles. The molecule has 1 saturated heterocycles. The quantitative estimate of drug-likeness (QED) is 0.719. The van der Waals surface area contributed by atoms with Crippen molar-refractivity contribution < 1.29 is 12.8 Å². The Kier molecular flexibility index (Phi) is 5.02. The number of fused-ring (bicyclic) bond motifs is 1. The Bertz CT molecular complexity index is 1030. The fourth-order valence-electron chi connectivity index (χ4n) is 3.82. The summed E-state index contributed by atoms with van der Waals surface area (Å²) in [6, 6.07) is 16.3. The second kappa shape index (κ2) is 7.44. The van der Waals surface area contributed by atoms with E-state index in [4.69, 9.17) is 0 Å². The molecule has 0 amide bonds. The first-order valence-electron chi connectivity index (χ1n) is 9.31. The number of aryl methyl sites for hydroxylation is 1. The minimum Gasteiger partial charge on any atom is -0.358 e. The second-order valence-corrected chi connectivity index (χ2v) is 9.29. The van der Waals surface area contributed by atoms with E-state index in [1.807, 2.05) is 36.4 Å². The summed E-state index contributed by atoms with van der Waals surface area (Å²) in [5.74, 6) is -0.0238. The second-order valence-electron chi connectivity index (χ2n) is 7.21. The number of aromatic nitrogens is 1. The van der Waals surface area contributed by atoms with Crippen LogP contribution in [0.15, 0.2) is 54.6 Å². The number of H-pyrrole nitrogens is 1. The lowest BCUT2D eigenvalue weighted by atomic mass is 9.96. The van der Waals surface area contributed by atoms with Crippen LogP contribution in [0.3, 0.4) is 0 Å². The fraction of sp³-hybridized carbons (Fsp3) is 0.333. The number of aromatic amines is 1. The molecule has 1 aliphatic heterocycles. The van der Waals surface area contributed by atoms with E-state index < -0.39 is 10.0 Å². The molecule has 3 aromatic rings. The number of sulfonamides is 1. The average molecular weight is 386 g/mol. The Morgan fingerprint density at radius 1 is 1.11 bits per heavy atom. The van der Waals surface area contributed by atoms with Gasteiger partial charge in [-0.2, -0.15) is 0 Å². The molecule has 0 radical (unpaired) electrons. The van der Waals surface area contributed by atoms with Crippen LogP contribution in [0.4, 0.5) is 4.39 Å². The van der Waals surface area contributed by atoms with Crippen LogP contribution in [0.1, 0.15) is 30.0 Å². The summed E-state index contributed by atoms with van der Waals surface area (Å²) >= 11 is 0. The molecule has 6 heteroatoms. The van der Waals surface area contributed by atoms with Gasteiger partial charge in [0.25, 0.3) is 0 Å². The van der Waals surface area contributed by atoms with E-state index in [0.29, 0.717) is 19.5 Å². The predicted octanol–water partition coefficient (Wildman–Crippen LogP) is 4.06. The normalized spacial score (nSPS) is 18.8. The monoisotopic (exact) mass is 386 g/mol. The topological polar surface area (TPSA) is 53.2 Å². The summed E-state index contributed by atoms with van der Waals surface area (Å²) in [4.78, 5) is 3.33. The van der Waals surface area contributed by atoms with Crippen LogP contribution in [0.2, 0.25) is 0 Å². The van der Waals surface area contributed by atoms with Crippen LogP contribution in [-0.4, -0.2) is 36.5 Å². The van der Waals surface area contributed by atoms with Gasteiger partial charge in [0.1, 0.15) is 5.82 Å². The van der Waals surface area contributed by atoms with E-state index in [0.717, 1.165) is 35.0 Å². The molecule has 1 N–H and O–H groups in total. The van der Waals surface area contributed by atoms with Gasteiger partial charge in [0.15, 0.2) is 0 Å². The van der Waals surface area contributed by atoms with Crippen molar-refractivity contribution in [2.45, 2.75) is 25.2 Å². The molecule has 1 unspecified atom stereocenters. The van der Waals surface area contributed by atoms with E-state index in [9.17, 15) is 12.8 Å². The standard InChI is InChI=1S/C21H23FN2O2S/c22-19-8-9-20-18(13-19)14-21(23-20)17-7-4-11-24(15-17)27(25,26)12-10-16-5-2-1-3-6-16/h1-3,5-6,8-9,13-14,17,23H,4,7,10-12,15H2. The molecule has 0 bridgehead atoms. The van der Waals surface area contributed by atoms with Crippen molar-refractivity contribution in [2.75, 3.05) is 18.8 Å². The van der Waals surface area contributed by atoms with Gasteiger partial charge in [0.05, 0.1) is 5.75 Å². The number of hydrogen-bond acceptors (Lipinski definition) is 2. The van der Waals surface area contributed by atoms with Crippen LogP contribution in [0.25, 0.3) is 10.9 Å². The predicted molar refractivity (Wildman–Crippen MR) is 106 cm³/mol. The average Bonchev–Trinajstić information content (AvgIpc) is 3.11. The van der Waals surface area contributed by atoms with Gasteiger partial charge in [-0.3, -0.25) is 0 Å². The van der Waals surface area contributed by atoms with Gasteiger partial charge in [0.2, 0.25) is 10.0 Å². The molecule has 1 aliphatic rings. The molecule has 0 aliphatic carbocycles. The molecule has 27 heavy (non-hydrogen) atoms. The largest absolute Gasteiger partial charge is 0.358 e. The van der Waals surface area contributed by atoms with E-state index in [1.54, 1.807) is 10.4 Å². The molecule has 1 fully saturated rings. The summed E-state index contributed by atoms with van der Waals surface area (Å²) < 4.78 is 40.7. The van der Waals surface area contributed by atoms with E-state index in [2.05, 4.69) is 4.98 Å². The lowest BCUT2D eigenvalue weighted by Crippen LogP contribution is -2.40. The summed E-state index contributed by atoms with van der Waals surface area (Å²) in [6.07, 6.45) is 2.29. The van der Waals surface area contributed by atoms with Crippen molar-refractivity contribution in [3.05, 3.63) is 71.7 Å². The first kappa shape index (κ1) is 18.2. The zero-order chi connectivity index (χ0) is 18.9. The first-order chi connectivity index (χ1) is 13.0. The number of benzene rings is 2. The summed E-state index contributed by atoms with van der Waals surface area (Å²) in [7, 11) is -3.30. The summed E-state index contributed by atoms with van der Waals surface area (Å²) in [5.41, 5.74) is 2.90. The van der Waals surface area contributed by atoms with Gasteiger partial charge in [0, 0.05) is 35.6 Å². The molecule has 1 aromatic heterocycles. The summed E-state index contributed by atoms with van der Waals surface area (Å²) in [6.45, 7) is 1.05. The number of hydrogen-bond donors (Lipinski definition) is 1. The molecule has 0 spiro atoms. The van der Waals surface area contributed by atoms with Crippen molar-refractivity contribution >= 4 is 20.9 Å². The zero-order valence-corrected chi connectivity index (χ0v) is 15.9.